The first-order chi connectivity index (χ1) is 6.72. The van der Waals surface area contributed by atoms with Crippen LogP contribution in [0.1, 0.15) is 26.2 Å². The molecule has 0 aliphatic carbocycles. The molecular weight excluding hydrogens is 173 g/mol. The number of carbonyl (C=O) groups excluding carboxylic acids is 1. The molecule has 1 N–H and O–H groups in total. The van der Waals surface area contributed by atoms with Crippen LogP contribution >= 0.6 is 0 Å². The van der Waals surface area contributed by atoms with Crippen molar-refractivity contribution in [1.29, 1.82) is 0 Å². The van der Waals surface area contributed by atoms with Crippen LogP contribution < -0.4 is 10.8 Å². The Morgan fingerprint density at radius 2 is 2.29 bits per heavy atom. The number of unbranched alkanes of at least 4 members (excludes halogenated alkanes) is 1. The molecule has 0 aliphatic heterocycles. The second-order valence-corrected chi connectivity index (χ2v) is 3.28. The minimum Gasteiger partial charge on any atom is -0.326 e. The molecule has 14 heavy (non-hydrogen) atoms. The third kappa shape index (κ3) is 3.65. The summed E-state index contributed by atoms with van der Waals surface area (Å²) >= 11 is 0. The normalized spacial score (nSPS) is 9.79. The van der Waals surface area contributed by atoms with Gasteiger partial charge in [0.05, 0.1) is 0 Å². The van der Waals surface area contributed by atoms with E-state index in [1.54, 1.807) is 12.1 Å². The summed E-state index contributed by atoms with van der Waals surface area (Å²) in [4.78, 5) is 11.3. The molecule has 0 unspecified atom stereocenters. The number of hydrogen-bond acceptors (Lipinski definition) is 1. The molecule has 0 heterocycles. The quantitative estimate of drug-likeness (QED) is 0.712. The van der Waals surface area contributed by atoms with Crippen LogP contribution in [0.25, 0.3) is 0 Å². The Morgan fingerprint density at radius 3 is 2.93 bits per heavy atom. The second kappa shape index (κ2) is 5.48. The summed E-state index contributed by atoms with van der Waals surface area (Å²) in [7, 11) is 5.58. The van der Waals surface area contributed by atoms with Gasteiger partial charge in [-0.15, -0.1) is 0 Å². The molecule has 0 bridgehead atoms. The second-order valence-electron chi connectivity index (χ2n) is 3.28. The first-order valence-electron chi connectivity index (χ1n) is 4.87. The van der Waals surface area contributed by atoms with E-state index in [-0.39, 0.29) is 5.91 Å². The zero-order valence-electron chi connectivity index (χ0n) is 8.42. The van der Waals surface area contributed by atoms with Gasteiger partial charge < -0.3 is 5.32 Å². The Kier molecular flexibility index (Phi) is 4.24. The molecular formula is C11H14BNO. The molecule has 0 atom stereocenters. The fraction of sp³-hybridized carbons (Fsp3) is 0.364. The zero-order valence-corrected chi connectivity index (χ0v) is 8.42. The summed E-state index contributed by atoms with van der Waals surface area (Å²) in [5.41, 5.74) is 1.43. The van der Waals surface area contributed by atoms with Crippen LogP contribution in [0, 0.1) is 0 Å². The van der Waals surface area contributed by atoms with Crippen molar-refractivity contribution in [3.8, 4) is 0 Å². The van der Waals surface area contributed by atoms with Gasteiger partial charge in [-0.05, 0) is 18.6 Å². The number of rotatable bonds is 4. The van der Waals surface area contributed by atoms with Gasteiger partial charge in [-0.25, -0.2) is 0 Å². The van der Waals surface area contributed by atoms with E-state index in [1.807, 2.05) is 12.1 Å². The third-order valence-corrected chi connectivity index (χ3v) is 1.93. The molecule has 1 amide bonds. The van der Waals surface area contributed by atoms with Gasteiger partial charge in [0, 0.05) is 12.1 Å². The minimum atomic E-state index is 0.0532. The highest BCUT2D eigenvalue weighted by Crippen LogP contribution is 2.05. The third-order valence-electron chi connectivity index (χ3n) is 1.93. The van der Waals surface area contributed by atoms with E-state index in [0.29, 0.717) is 11.9 Å². The molecule has 1 aromatic rings. The highest BCUT2D eigenvalue weighted by atomic mass is 16.1. The molecule has 0 spiro atoms. The monoisotopic (exact) mass is 187 g/mol. The standard InChI is InChI=1S/C11H14BNO/c1-2-3-7-11(14)13-10-6-4-5-9(12)8-10/h4-6,8H,2-3,7H2,1H3,(H,13,14). The largest absolute Gasteiger partial charge is 0.326 e. The van der Waals surface area contributed by atoms with Crippen LogP contribution in [0.15, 0.2) is 24.3 Å². The first kappa shape index (κ1) is 10.8. The Bertz CT molecular complexity index is 312. The summed E-state index contributed by atoms with van der Waals surface area (Å²) in [6.45, 7) is 2.06. The van der Waals surface area contributed by atoms with Crippen LogP contribution in [0.5, 0.6) is 0 Å². The smallest absolute Gasteiger partial charge is 0.224 e. The lowest BCUT2D eigenvalue weighted by molar-refractivity contribution is -0.116. The number of anilines is 1. The Labute approximate surface area is 86.1 Å². The summed E-state index contributed by atoms with van der Waals surface area (Å²) in [6, 6.07) is 7.20. The van der Waals surface area contributed by atoms with E-state index in [2.05, 4.69) is 12.2 Å². The van der Waals surface area contributed by atoms with Gasteiger partial charge in [-0.2, -0.15) is 0 Å². The van der Waals surface area contributed by atoms with Crippen molar-refractivity contribution in [1.82, 2.24) is 0 Å². The average Bonchev–Trinajstić information content (AvgIpc) is 2.15. The van der Waals surface area contributed by atoms with E-state index in [0.717, 1.165) is 18.5 Å². The zero-order chi connectivity index (χ0) is 10.4. The molecule has 72 valence electrons. The molecule has 0 saturated carbocycles. The van der Waals surface area contributed by atoms with E-state index < -0.39 is 0 Å². The summed E-state index contributed by atoms with van der Waals surface area (Å²) in [5.74, 6) is 0.0532. The van der Waals surface area contributed by atoms with Crippen LogP contribution in [0.3, 0.4) is 0 Å². The molecule has 0 aromatic heterocycles. The van der Waals surface area contributed by atoms with Crippen molar-refractivity contribution in [2.75, 3.05) is 5.32 Å². The maximum atomic E-state index is 11.3. The van der Waals surface area contributed by atoms with E-state index in [9.17, 15) is 4.79 Å². The molecule has 0 saturated heterocycles. The SMILES string of the molecule is [B]c1cccc(NC(=O)CCCC)c1. The Morgan fingerprint density at radius 1 is 1.50 bits per heavy atom. The fourth-order valence-electron chi connectivity index (χ4n) is 1.18. The molecule has 1 rings (SSSR count). The summed E-state index contributed by atoms with van der Waals surface area (Å²) < 4.78 is 0. The molecule has 3 heteroatoms. The summed E-state index contributed by atoms with van der Waals surface area (Å²) in [6.07, 6.45) is 2.53. The van der Waals surface area contributed by atoms with Gasteiger partial charge in [0.25, 0.3) is 0 Å². The highest BCUT2D eigenvalue weighted by Gasteiger charge is 2.00. The van der Waals surface area contributed by atoms with Crippen molar-refractivity contribution in [3.63, 3.8) is 0 Å². The number of amides is 1. The van der Waals surface area contributed by atoms with Gasteiger partial charge >= 0.3 is 0 Å². The van der Waals surface area contributed by atoms with E-state index in [4.69, 9.17) is 7.85 Å². The number of hydrogen-bond donors (Lipinski definition) is 1. The Balaban J connectivity index is 2.47. The molecule has 2 nitrogen and oxygen atoms in total. The number of carbonyl (C=O) groups is 1. The summed E-state index contributed by atoms with van der Waals surface area (Å²) in [5, 5.41) is 2.80. The molecule has 0 aliphatic rings. The van der Waals surface area contributed by atoms with Crippen LogP contribution in [0.2, 0.25) is 0 Å². The molecule has 0 fully saturated rings. The molecule has 2 radical (unpaired) electrons. The van der Waals surface area contributed by atoms with Crippen molar-refractivity contribution in [2.45, 2.75) is 26.2 Å². The van der Waals surface area contributed by atoms with Crippen molar-refractivity contribution >= 4 is 24.9 Å². The van der Waals surface area contributed by atoms with Gasteiger partial charge in [-0.1, -0.05) is 30.9 Å². The van der Waals surface area contributed by atoms with Crippen LogP contribution in [-0.4, -0.2) is 13.8 Å². The fourth-order valence-corrected chi connectivity index (χ4v) is 1.18. The lowest BCUT2D eigenvalue weighted by Crippen LogP contribution is -2.12. The minimum absolute atomic E-state index is 0.0532. The van der Waals surface area contributed by atoms with Crippen LogP contribution in [-0.2, 0) is 4.79 Å². The number of benzene rings is 1. The van der Waals surface area contributed by atoms with Gasteiger partial charge in [-0.3, -0.25) is 4.79 Å². The van der Waals surface area contributed by atoms with Crippen molar-refractivity contribution < 1.29 is 4.79 Å². The predicted octanol–water partition coefficient (Wildman–Crippen LogP) is 1.61. The predicted molar refractivity (Wildman–Crippen MR) is 60.0 cm³/mol. The topological polar surface area (TPSA) is 29.1 Å². The highest BCUT2D eigenvalue weighted by molar-refractivity contribution is 6.32. The van der Waals surface area contributed by atoms with Gasteiger partial charge in [0.2, 0.25) is 5.91 Å². The van der Waals surface area contributed by atoms with Crippen molar-refractivity contribution in [2.24, 2.45) is 0 Å². The number of nitrogens with one attached hydrogen (secondary N) is 1. The first-order valence-corrected chi connectivity index (χ1v) is 4.87. The van der Waals surface area contributed by atoms with E-state index in [1.165, 1.54) is 0 Å². The lowest BCUT2D eigenvalue weighted by atomic mass is 9.96. The van der Waals surface area contributed by atoms with Crippen LogP contribution in [0.4, 0.5) is 5.69 Å². The van der Waals surface area contributed by atoms with Crippen molar-refractivity contribution in [3.05, 3.63) is 24.3 Å². The maximum Gasteiger partial charge on any atom is 0.224 e. The maximum absolute atomic E-state index is 11.3. The molecule has 1 aromatic carbocycles. The van der Waals surface area contributed by atoms with Gasteiger partial charge in [0.15, 0.2) is 0 Å². The average molecular weight is 187 g/mol. The van der Waals surface area contributed by atoms with Gasteiger partial charge in [0.1, 0.15) is 7.85 Å². The lowest BCUT2D eigenvalue weighted by Gasteiger charge is -2.05. The Hall–Kier alpha value is -1.25. The van der Waals surface area contributed by atoms with E-state index >= 15 is 0 Å².